The van der Waals surface area contributed by atoms with Crippen LogP contribution in [0, 0.1) is 0 Å². The van der Waals surface area contributed by atoms with E-state index in [1.165, 1.54) is 6.20 Å². The number of ether oxygens (including phenoxy) is 1. The van der Waals surface area contributed by atoms with Gasteiger partial charge in [0.1, 0.15) is 11.5 Å². The van der Waals surface area contributed by atoms with Crippen molar-refractivity contribution >= 4 is 17.4 Å². The molecule has 90 valence electrons. The first-order chi connectivity index (χ1) is 8.70. The van der Waals surface area contributed by atoms with Crippen molar-refractivity contribution < 1.29 is 9.53 Å². The third kappa shape index (κ3) is 2.19. The van der Waals surface area contributed by atoms with Crippen LogP contribution in [0.2, 0.25) is 5.28 Å². The Morgan fingerprint density at radius 3 is 2.83 bits per heavy atom. The summed E-state index contributed by atoms with van der Waals surface area (Å²) in [6.07, 6.45) is 2.54. The van der Waals surface area contributed by atoms with Gasteiger partial charge in [-0.25, -0.2) is 4.98 Å². The van der Waals surface area contributed by atoms with Gasteiger partial charge < -0.3 is 4.74 Å². The maximum Gasteiger partial charge on any atom is 0.225 e. The Bertz CT molecular complexity index is 628. The number of halogens is 1. The molecule has 0 fully saturated rings. The average Bonchev–Trinajstić information content (AvgIpc) is 2.68. The maximum absolute atomic E-state index is 11.3. The number of benzene rings is 1. The van der Waals surface area contributed by atoms with Gasteiger partial charge in [0.05, 0.1) is 0 Å². The summed E-state index contributed by atoms with van der Waals surface area (Å²) in [5.41, 5.74) is 2.10. The highest BCUT2D eigenvalue weighted by atomic mass is 35.5. The lowest BCUT2D eigenvalue weighted by Crippen LogP contribution is -1.92. The SMILES string of the molecule is O=C1Cc2ccc(Oc3ccnc(Cl)n3)cc2C1. The van der Waals surface area contributed by atoms with Gasteiger partial charge >= 0.3 is 0 Å². The van der Waals surface area contributed by atoms with Gasteiger partial charge in [0, 0.05) is 25.1 Å². The van der Waals surface area contributed by atoms with Crippen LogP contribution in [0.5, 0.6) is 11.6 Å². The summed E-state index contributed by atoms with van der Waals surface area (Å²) in [7, 11) is 0. The van der Waals surface area contributed by atoms with Gasteiger partial charge in [0.25, 0.3) is 0 Å². The minimum atomic E-state index is 0.142. The zero-order valence-corrected chi connectivity index (χ0v) is 10.1. The second-order valence-corrected chi connectivity index (χ2v) is 4.43. The molecule has 4 nitrogen and oxygen atoms in total. The fourth-order valence-corrected chi connectivity index (χ4v) is 2.13. The highest BCUT2D eigenvalue weighted by molar-refractivity contribution is 6.28. The van der Waals surface area contributed by atoms with Crippen LogP contribution in [0.4, 0.5) is 0 Å². The summed E-state index contributed by atoms with van der Waals surface area (Å²) in [5.74, 6) is 1.28. The number of aromatic nitrogens is 2. The smallest absolute Gasteiger partial charge is 0.225 e. The van der Waals surface area contributed by atoms with E-state index >= 15 is 0 Å². The van der Waals surface area contributed by atoms with Gasteiger partial charge in [-0.15, -0.1) is 0 Å². The molecule has 0 amide bonds. The number of hydrogen-bond acceptors (Lipinski definition) is 4. The van der Waals surface area contributed by atoms with Crippen LogP contribution in [0.15, 0.2) is 30.5 Å². The molecule has 0 N–H and O–H groups in total. The largest absolute Gasteiger partial charge is 0.439 e. The highest BCUT2D eigenvalue weighted by Crippen LogP contribution is 2.27. The summed E-state index contributed by atoms with van der Waals surface area (Å²) < 4.78 is 5.57. The number of Topliss-reactive ketones (excluding diaryl/α,β-unsaturated/α-hetero) is 1. The number of nitrogens with zero attached hydrogens (tertiary/aromatic N) is 2. The number of carbonyl (C=O) groups excluding carboxylic acids is 1. The van der Waals surface area contributed by atoms with E-state index in [2.05, 4.69) is 9.97 Å². The Morgan fingerprint density at radius 1 is 1.17 bits per heavy atom. The molecule has 0 aliphatic heterocycles. The van der Waals surface area contributed by atoms with E-state index in [-0.39, 0.29) is 11.1 Å². The van der Waals surface area contributed by atoms with Gasteiger partial charge in [-0.3, -0.25) is 4.79 Å². The van der Waals surface area contributed by atoms with Crippen LogP contribution in [0.25, 0.3) is 0 Å². The second-order valence-electron chi connectivity index (χ2n) is 4.09. The molecule has 18 heavy (non-hydrogen) atoms. The molecule has 0 atom stereocenters. The molecule has 2 aromatic rings. The van der Waals surface area contributed by atoms with E-state index in [0.29, 0.717) is 24.5 Å². The number of rotatable bonds is 2. The van der Waals surface area contributed by atoms with Crippen molar-refractivity contribution in [1.29, 1.82) is 0 Å². The van der Waals surface area contributed by atoms with Crippen LogP contribution in [0.1, 0.15) is 11.1 Å². The van der Waals surface area contributed by atoms with Crippen LogP contribution in [-0.2, 0) is 17.6 Å². The van der Waals surface area contributed by atoms with E-state index in [4.69, 9.17) is 16.3 Å². The molecule has 1 aliphatic carbocycles. The second kappa shape index (κ2) is 4.38. The lowest BCUT2D eigenvalue weighted by molar-refractivity contribution is -0.117. The molecule has 0 spiro atoms. The summed E-state index contributed by atoms with van der Waals surface area (Å²) in [5, 5.41) is 0.142. The van der Waals surface area contributed by atoms with E-state index in [1.54, 1.807) is 6.07 Å². The fraction of sp³-hybridized carbons (Fsp3) is 0.154. The van der Waals surface area contributed by atoms with Crippen molar-refractivity contribution in [2.45, 2.75) is 12.8 Å². The Kier molecular flexibility index (Phi) is 2.72. The van der Waals surface area contributed by atoms with Crippen LogP contribution >= 0.6 is 11.6 Å². The number of hydrogen-bond donors (Lipinski definition) is 0. The molecule has 0 saturated heterocycles. The molecule has 0 bridgehead atoms. The molecule has 1 aliphatic rings. The number of carbonyl (C=O) groups is 1. The molecule has 0 saturated carbocycles. The van der Waals surface area contributed by atoms with E-state index in [9.17, 15) is 4.79 Å². The van der Waals surface area contributed by atoms with Gasteiger partial charge in [-0.1, -0.05) is 6.07 Å². The topological polar surface area (TPSA) is 52.1 Å². The molecule has 1 heterocycles. The molecule has 0 unspecified atom stereocenters. The van der Waals surface area contributed by atoms with Crippen LogP contribution < -0.4 is 4.74 Å². The van der Waals surface area contributed by atoms with Crippen molar-refractivity contribution in [3.8, 4) is 11.6 Å². The monoisotopic (exact) mass is 260 g/mol. The maximum atomic E-state index is 11.3. The van der Waals surface area contributed by atoms with Crippen molar-refractivity contribution in [3.63, 3.8) is 0 Å². The van der Waals surface area contributed by atoms with Crippen molar-refractivity contribution in [2.24, 2.45) is 0 Å². The highest BCUT2D eigenvalue weighted by Gasteiger charge is 2.18. The molecular formula is C13H9ClN2O2. The lowest BCUT2D eigenvalue weighted by Gasteiger charge is -2.06. The third-order valence-electron chi connectivity index (χ3n) is 2.78. The first kappa shape index (κ1) is 11.2. The Balaban J connectivity index is 1.86. The van der Waals surface area contributed by atoms with Crippen molar-refractivity contribution in [1.82, 2.24) is 9.97 Å². The zero-order chi connectivity index (χ0) is 12.5. The average molecular weight is 261 g/mol. The van der Waals surface area contributed by atoms with Gasteiger partial charge in [0.2, 0.25) is 11.2 Å². The van der Waals surface area contributed by atoms with Gasteiger partial charge in [0.15, 0.2) is 0 Å². The third-order valence-corrected chi connectivity index (χ3v) is 2.96. The summed E-state index contributed by atoms with van der Waals surface area (Å²) in [6.45, 7) is 0. The normalized spacial score (nSPS) is 13.5. The van der Waals surface area contributed by atoms with Crippen molar-refractivity contribution in [3.05, 3.63) is 46.9 Å². The minimum Gasteiger partial charge on any atom is -0.439 e. The Morgan fingerprint density at radius 2 is 2.00 bits per heavy atom. The fourth-order valence-electron chi connectivity index (χ4n) is 1.99. The van der Waals surface area contributed by atoms with Crippen molar-refractivity contribution in [2.75, 3.05) is 0 Å². The predicted molar refractivity (Wildman–Crippen MR) is 66.0 cm³/mol. The first-order valence-electron chi connectivity index (χ1n) is 5.50. The Hall–Kier alpha value is -1.94. The Labute approximate surface area is 109 Å². The first-order valence-corrected chi connectivity index (χ1v) is 5.88. The van der Waals surface area contributed by atoms with E-state index in [0.717, 1.165) is 11.1 Å². The minimum absolute atomic E-state index is 0.142. The quantitative estimate of drug-likeness (QED) is 0.779. The molecule has 1 aromatic heterocycles. The molecule has 1 aromatic carbocycles. The van der Waals surface area contributed by atoms with Gasteiger partial charge in [-0.2, -0.15) is 4.98 Å². The summed E-state index contributed by atoms with van der Waals surface area (Å²) >= 11 is 5.68. The van der Waals surface area contributed by atoms with E-state index < -0.39 is 0 Å². The van der Waals surface area contributed by atoms with Gasteiger partial charge in [-0.05, 0) is 34.9 Å². The number of fused-ring (bicyclic) bond motifs is 1. The van der Waals surface area contributed by atoms with Crippen LogP contribution in [-0.4, -0.2) is 15.8 Å². The van der Waals surface area contributed by atoms with E-state index in [1.807, 2.05) is 18.2 Å². The molecular weight excluding hydrogens is 252 g/mol. The molecule has 3 rings (SSSR count). The standard InChI is InChI=1S/C13H9ClN2O2/c14-13-15-4-3-12(16-13)18-11-2-1-8-5-10(17)6-9(8)7-11/h1-4,7H,5-6H2. The predicted octanol–water partition coefficient (Wildman–Crippen LogP) is 2.59. The zero-order valence-electron chi connectivity index (χ0n) is 9.39. The summed E-state index contributed by atoms with van der Waals surface area (Å²) in [4.78, 5) is 19.1. The summed E-state index contributed by atoms with van der Waals surface area (Å²) in [6, 6.07) is 7.24. The lowest BCUT2D eigenvalue weighted by atomic mass is 10.1. The number of ketones is 1. The molecule has 0 radical (unpaired) electrons. The molecule has 5 heteroatoms. The van der Waals surface area contributed by atoms with Crippen LogP contribution in [0.3, 0.4) is 0 Å².